The zero-order valence-electron chi connectivity index (χ0n) is 7.18. The van der Waals surface area contributed by atoms with Crippen LogP contribution >= 0.6 is 15.9 Å². The summed E-state index contributed by atoms with van der Waals surface area (Å²) in [5.41, 5.74) is 0. The molecule has 1 heterocycles. The lowest BCUT2D eigenvalue weighted by Gasteiger charge is -1.85. The van der Waals surface area contributed by atoms with Crippen LogP contribution in [0.2, 0.25) is 0 Å². The van der Waals surface area contributed by atoms with Gasteiger partial charge in [-0.1, -0.05) is 6.07 Å². The van der Waals surface area contributed by atoms with Crippen molar-refractivity contribution in [2.45, 2.75) is 0 Å². The number of halogens is 1. The molecule has 0 fully saturated rings. The van der Waals surface area contributed by atoms with Gasteiger partial charge in [0.25, 0.3) is 0 Å². The maximum absolute atomic E-state index is 9.54. The van der Waals surface area contributed by atoms with Crippen molar-refractivity contribution >= 4 is 28.3 Å². The smallest absolute Gasteiger partial charge is 0.322 e. The van der Waals surface area contributed by atoms with Gasteiger partial charge in [0.15, 0.2) is 0 Å². The average Bonchev–Trinajstić information content (AvgIpc) is 2.17. The van der Waals surface area contributed by atoms with Crippen LogP contribution in [0.4, 0.5) is 0 Å². The molecule has 0 saturated carbocycles. The Hall–Kier alpha value is -1.43. The molecule has 0 radical (unpaired) electrons. The predicted molar refractivity (Wildman–Crippen MR) is 53.6 cm³/mol. The zero-order valence-corrected chi connectivity index (χ0v) is 8.77. The minimum atomic E-state index is -1.04. The Morgan fingerprint density at radius 1 is 1.64 bits per heavy atom. The summed E-state index contributed by atoms with van der Waals surface area (Å²) in [5, 5.41) is 9.79. The van der Waals surface area contributed by atoms with E-state index in [0.29, 0.717) is 6.41 Å². The third-order valence-electron chi connectivity index (χ3n) is 0.965. The lowest BCUT2D eigenvalue weighted by Crippen LogP contribution is -2.20. The molecule has 0 atom stereocenters. The highest BCUT2D eigenvalue weighted by Gasteiger charge is 1.88. The van der Waals surface area contributed by atoms with Gasteiger partial charge in [-0.3, -0.25) is 9.59 Å². The van der Waals surface area contributed by atoms with Crippen LogP contribution in [0.3, 0.4) is 0 Å². The Kier molecular flexibility index (Phi) is 7.35. The second-order valence-corrected chi connectivity index (χ2v) is 2.86. The normalized spacial score (nSPS) is 8.07. The lowest BCUT2D eigenvalue weighted by atomic mass is 10.5. The van der Waals surface area contributed by atoms with Gasteiger partial charge in [-0.05, 0) is 28.1 Å². The van der Waals surface area contributed by atoms with E-state index < -0.39 is 5.97 Å². The molecule has 76 valence electrons. The number of rotatable bonds is 3. The second-order valence-electron chi connectivity index (χ2n) is 2.04. The summed E-state index contributed by atoms with van der Waals surface area (Å²) in [7, 11) is 0. The first-order valence-electron chi connectivity index (χ1n) is 3.62. The summed E-state index contributed by atoms with van der Waals surface area (Å²) in [4.78, 5) is 22.8. The zero-order chi connectivity index (χ0) is 10.8. The standard InChI is InChI=1S/C5H4BrN.C3H5NO3/c6-5-3-1-2-4-7-5;5-2-4-1-3(6)7/h1-4H;2H,1H2,(H,4,5)(H,6,7). The van der Waals surface area contributed by atoms with E-state index in [1.807, 2.05) is 23.5 Å². The molecule has 0 aliphatic carbocycles. The molecule has 6 heteroatoms. The highest BCUT2D eigenvalue weighted by atomic mass is 79.9. The van der Waals surface area contributed by atoms with Gasteiger partial charge in [0.2, 0.25) is 6.41 Å². The van der Waals surface area contributed by atoms with Crippen molar-refractivity contribution < 1.29 is 14.7 Å². The minimum absolute atomic E-state index is 0.302. The summed E-state index contributed by atoms with van der Waals surface area (Å²) < 4.78 is 0.884. The molecule has 2 N–H and O–H groups in total. The number of nitrogens with zero attached hydrogens (tertiary/aromatic N) is 1. The van der Waals surface area contributed by atoms with Crippen LogP contribution in [0.15, 0.2) is 29.0 Å². The molecule has 5 nitrogen and oxygen atoms in total. The van der Waals surface area contributed by atoms with E-state index in [1.54, 1.807) is 6.20 Å². The largest absolute Gasteiger partial charge is 0.480 e. The van der Waals surface area contributed by atoms with Gasteiger partial charge in [-0.2, -0.15) is 0 Å². The van der Waals surface area contributed by atoms with Crippen LogP contribution in [0.5, 0.6) is 0 Å². The van der Waals surface area contributed by atoms with E-state index in [1.165, 1.54) is 0 Å². The number of carbonyl (C=O) groups excluding carboxylic acids is 1. The van der Waals surface area contributed by atoms with Crippen LogP contribution in [-0.4, -0.2) is 29.0 Å². The van der Waals surface area contributed by atoms with Crippen LogP contribution in [-0.2, 0) is 9.59 Å². The van der Waals surface area contributed by atoms with Gasteiger partial charge < -0.3 is 10.4 Å². The molecule has 0 aromatic carbocycles. The van der Waals surface area contributed by atoms with Gasteiger partial charge in [-0.25, -0.2) is 4.98 Å². The summed E-state index contributed by atoms with van der Waals surface area (Å²) in [5.74, 6) is -1.04. The average molecular weight is 261 g/mol. The fourth-order valence-electron chi connectivity index (χ4n) is 0.471. The highest BCUT2D eigenvalue weighted by molar-refractivity contribution is 9.10. The summed E-state index contributed by atoms with van der Waals surface area (Å²) >= 11 is 3.20. The Labute approximate surface area is 89.3 Å². The predicted octanol–water partition coefficient (Wildman–Crippen LogP) is 0.661. The van der Waals surface area contributed by atoms with Crippen LogP contribution in [0.1, 0.15) is 0 Å². The van der Waals surface area contributed by atoms with Crippen molar-refractivity contribution in [3.8, 4) is 0 Å². The van der Waals surface area contributed by atoms with E-state index in [9.17, 15) is 9.59 Å². The maximum Gasteiger partial charge on any atom is 0.322 e. The molecule has 1 aromatic rings. The fraction of sp³-hybridized carbons (Fsp3) is 0.125. The molecule has 1 rings (SSSR count). The van der Waals surface area contributed by atoms with Crippen molar-refractivity contribution in [1.82, 2.24) is 10.3 Å². The molecular formula is C8H9BrN2O3. The Balaban J connectivity index is 0.000000241. The molecule has 14 heavy (non-hydrogen) atoms. The Bertz CT molecular complexity index is 279. The number of pyridine rings is 1. The van der Waals surface area contributed by atoms with E-state index >= 15 is 0 Å². The van der Waals surface area contributed by atoms with E-state index in [0.717, 1.165) is 4.60 Å². The monoisotopic (exact) mass is 260 g/mol. The van der Waals surface area contributed by atoms with Crippen LogP contribution in [0.25, 0.3) is 0 Å². The Morgan fingerprint density at radius 2 is 2.36 bits per heavy atom. The molecule has 0 bridgehead atoms. The third kappa shape index (κ3) is 8.66. The fourth-order valence-corrected chi connectivity index (χ4v) is 0.742. The topological polar surface area (TPSA) is 79.3 Å². The molecule has 1 aromatic heterocycles. The third-order valence-corrected chi connectivity index (χ3v) is 1.43. The molecular weight excluding hydrogens is 252 g/mol. The Morgan fingerprint density at radius 3 is 2.57 bits per heavy atom. The first kappa shape index (κ1) is 12.6. The molecule has 0 aliphatic rings. The summed E-state index contributed by atoms with van der Waals surface area (Å²) in [6, 6.07) is 5.70. The quantitative estimate of drug-likeness (QED) is 0.618. The second kappa shape index (κ2) is 8.18. The molecule has 1 amide bonds. The van der Waals surface area contributed by atoms with Crippen molar-refractivity contribution in [2.75, 3.05) is 6.54 Å². The number of carboxylic acid groups (broad SMARTS) is 1. The molecule has 0 saturated heterocycles. The maximum atomic E-state index is 9.54. The number of amides is 1. The van der Waals surface area contributed by atoms with E-state index in [4.69, 9.17) is 5.11 Å². The number of nitrogens with one attached hydrogen (secondary N) is 1. The first-order chi connectivity index (χ1) is 6.66. The SMILES string of the molecule is Brc1ccccn1.O=CNCC(=O)O. The van der Waals surface area contributed by atoms with Crippen molar-refractivity contribution in [2.24, 2.45) is 0 Å². The number of aromatic nitrogens is 1. The van der Waals surface area contributed by atoms with E-state index in [2.05, 4.69) is 20.9 Å². The highest BCUT2D eigenvalue weighted by Crippen LogP contribution is 2.00. The van der Waals surface area contributed by atoms with E-state index in [-0.39, 0.29) is 6.54 Å². The number of hydrogen-bond acceptors (Lipinski definition) is 3. The minimum Gasteiger partial charge on any atom is -0.480 e. The van der Waals surface area contributed by atoms with Gasteiger partial charge >= 0.3 is 5.97 Å². The molecule has 0 aliphatic heterocycles. The van der Waals surface area contributed by atoms with Gasteiger partial charge in [0.05, 0.1) is 0 Å². The van der Waals surface area contributed by atoms with Gasteiger partial charge in [0, 0.05) is 6.20 Å². The van der Waals surface area contributed by atoms with Gasteiger partial charge in [0.1, 0.15) is 11.1 Å². The van der Waals surface area contributed by atoms with Crippen molar-refractivity contribution in [3.63, 3.8) is 0 Å². The molecule has 0 spiro atoms. The number of hydrogen-bond donors (Lipinski definition) is 2. The number of aliphatic carboxylic acids is 1. The summed E-state index contributed by atoms with van der Waals surface area (Å²) in [6.07, 6.45) is 2.08. The lowest BCUT2D eigenvalue weighted by molar-refractivity contribution is -0.136. The number of carbonyl (C=O) groups is 2. The summed E-state index contributed by atoms with van der Waals surface area (Å²) in [6.45, 7) is -0.302. The number of carboxylic acids is 1. The van der Waals surface area contributed by atoms with Crippen molar-refractivity contribution in [3.05, 3.63) is 29.0 Å². The van der Waals surface area contributed by atoms with Crippen LogP contribution < -0.4 is 5.32 Å². The molecule has 0 unspecified atom stereocenters. The van der Waals surface area contributed by atoms with Gasteiger partial charge in [-0.15, -0.1) is 0 Å². The first-order valence-corrected chi connectivity index (χ1v) is 4.41. The van der Waals surface area contributed by atoms with Crippen LogP contribution in [0, 0.1) is 0 Å². The van der Waals surface area contributed by atoms with Crippen molar-refractivity contribution in [1.29, 1.82) is 0 Å².